The molecule has 1 atom stereocenters. The van der Waals surface area contributed by atoms with Crippen molar-refractivity contribution in [2.45, 2.75) is 13.0 Å². The minimum Gasteiger partial charge on any atom is -0.496 e. The van der Waals surface area contributed by atoms with Crippen molar-refractivity contribution in [3.8, 4) is 5.75 Å². The summed E-state index contributed by atoms with van der Waals surface area (Å²) in [7, 11) is 3.26. The normalized spacial score (nSPS) is 12.1. The number of methoxy groups -OCH3 is 1. The van der Waals surface area contributed by atoms with E-state index in [4.69, 9.17) is 4.74 Å². The third-order valence-corrected chi connectivity index (χ3v) is 4.83. The number of benzene rings is 1. The average molecular weight is 343 g/mol. The highest BCUT2D eigenvalue weighted by molar-refractivity contribution is 7.15. The number of fused-ring (bicyclic) bond motifs is 1. The first-order chi connectivity index (χ1) is 11.5. The molecule has 2 heterocycles. The highest BCUT2D eigenvalue weighted by Crippen LogP contribution is 2.28. The average Bonchev–Trinajstić information content (AvgIpc) is 3.10. The topological polar surface area (TPSA) is 63.9 Å². The molecule has 3 aromatic rings. The molecule has 0 aliphatic carbocycles. The molecular formula is C17H17N3O3S. The predicted molar refractivity (Wildman–Crippen MR) is 92.8 cm³/mol. The number of para-hydroxylation sites is 1. The number of nitrogens with zero attached hydrogens (tertiary/aromatic N) is 3. The molecule has 7 heteroatoms. The molecule has 124 valence electrons. The predicted octanol–water partition coefficient (Wildman–Crippen LogP) is 2.60. The molecule has 3 rings (SSSR count). The van der Waals surface area contributed by atoms with Crippen LogP contribution in [0.2, 0.25) is 0 Å². The monoisotopic (exact) mass is 343 g/mol. The molecular weight excluding hydrogens is 326 g/mol. The Bertz CT molecular complexity index is 947. The third-order valence-electron chi connectivity index (χ3n) is 4.06. The van der Waals surface area contributed by atoms with Gasteiger partial charge in [0, 0.05) is 30.4 Å². The zero-order chi connectivity index (χ0) is 17.3. The summed E-state index contributed by atoms with van der Waals surface area (Å²) in [5.41, 5.74) is 0.570. The molecule has 0 saturated carbocycles. The van der Waals surface area contributed by atoms with Gasteiger partial charge in [-0.2, -0.15) is 0 Å². The summed E-state index contributed by atoms with van der Waals surface area (Å²) in [5.74, 6) is 0.333. The van der Waals surface area contributed by atoms with Gasteiger partial charge in [0.15, 0.2) is 4.96 Å². The fourth-order valence-corrected chi connectivity index (χ4v) is 3.23. The van der Waals surface area contributed by atoms with E-state index < -0.39 is 0 Å². The van der Waals surface area contributed by atoms with Gasteiger partial charge in [-0.1, -0.05) is 18.2 Å². The Morgan fingerprint density at radius 3 is 2.88 bits per heavy atom. The number of carbonyl (C=O) groups is 1. The molecule has 0 saturated heterocycles. The van der Waals surface area contributed by atoms with Crippen LogP contribution in [0.25, 0.3) is 4.96 Å². The van der Waals surface area contributed by atoms with Crippen LogP contribution in [0.4, 0.5) is 0 Å². The first-order valence-corrected chi connectivity index (χ1v) is 8.27. The largest absolute Gasteiger partial charge is 0.496 e. The van der Waals surface area contributed by atoms with Crippen LogP contribution in [0.3, 0.4) is 0 Å². The van der Waals surface area contributed by atoms with Gasteiger partial charge in [-0.05, 0) is 13.0 Å². The quantitative estimate of drug-likeness (QED) is 0.730. The molecule has 1 amide bonds. The maximum Gasteiger partial charge on any atom is 0.271 e. The minimum atomic E-state index is -0.369. The van der Waals surface area contributed by atoms with E-state index in [-0.39, 0.29) is 23.1 Å². The molecule has 0 spiro atoms. The van der Waals surface area contributed by atoms with Crippen molar-refractivity contribution in [3.05, 3.63) is 63.5 Å². The van der Waals surface area contributed by atoms with E-state index in [2.05, 4.69) is 4.98 Å². The zero-order valence-electron chi connectivity index (χ0n) is 13.6. The lowest BCUT2D eigenvalue weighted by atomic mass is 10.1. The van der Waals surface area contributed by atoms with Gasteiger partial charge in [0.05, 0.1) is 13.2 Å². The lowest BCUT2D eigenvalue weighted by Crippen LogP contribution is -2.34. The standard InChI is InChI=1S/C17H17N3O3S/c1-11(12-6-4-5-7-14(12)23-3)19(2)15(21)13-10-18-17-20(16(13)22)8-9-24-17/h4-11H,1-3H3/t11-/m1/s1. The van der Waals surface area contributed by atoms with Crippen molar-refractivity contribution in [3.63, 3.8) is 0 Å². The van der Waals surface area contributed by atoms with Gasteiger partial charge < -0.3 is 9.64 Å². The van der Waals surface area contributed by atoms with E-state index in [0.29, 0.717) is 10.7 Å². The Kier molecular flexibility index (Phi) is 4.35. The van der Waals surface area contributed by atoms with Crippen molar-refractivity contribution in [1.29, 1.82) is 0 Å². The number of aromatic nitrogens is 2. The van der Waals surface area contributed by atoms with Gasteiger partial charge in [0.1, 0.15) is 11.3 Å². The van der Waals surface area contributed by atoms with E-state index >= 15 is 0 Å². The Balaban J connectivity index is 1.96. The van der Waals surface area contributed by atoms with E-state index in [9.17, 15) is 9.59 Å². The minimum absolute atomic E-state index is 0.0511. The molecule has 0 N–H and O–H groups in total. The number of thiazole rings is 1. The molecule has 6 nitrogen and oxygen atoms in total. The first-order valence-electron chi connectivity index (χ1n) is 7.39. The van der Waals surface area contributed by atoms with Crippen molar-refractivity contribution < 1.29 is 9.53 Å². The summed E-state index contributed by atoms with van der Waals surface area (Å²) >= 11 is 1.35. The lowest BCUT2D eigenvalue weighted by molar-refractivity contribution is 0.0738. The number of carbonyl (C=O) groups excluding carboxylic acids is 1. The summed E-state index contributed by atoms with van der Waals surface area (Å²) in [6, 6.07) is 7.26. The molecule has 0 bridgehead atoms. The van der Waals surface area contributed by atoms with Gasteiger partial charge in [0.2, 0.25) is 0 Å². The second kappa shape index (κ2) is 6.45. The molecule has 2 aromatic heterocycles. The van der Waals surface area contributed by atoms with Crippen LogP contribution in [-0.2, 0) is 0 Å². The van der Waals surface area contributed by atoms with Crippen molar-refractivity contribution in [2.75, 3.05) is 14.2 Å². The Labute approximate surface area is 142 Å². The maximum absolute atomic E-state index is 12.8. The molecule has 0 unspecified atom stereocenters. The van der Waals surface area contributed by atoms with Crippen LogP contribution in [-0.4, -0.2) is 34.3 Å². The van der Waals surface area contributed by atoms with Crippen LogP contribution in [0, 0.1) is 0 Å². The van der Waals surface area contributed by atoms with E-state index in [1.54, 1.807) is 25.7 Å². The fourth-order valence-electron chi connectivity index (χ4n) is 2.56. The Morgan fingerprint density at radius 1 is 1.38 bits per heavy atom. The van der Waals surface area contributed by atoms with Gasteiger partial charge >= 0.3 is 0 Å². The van der Waals surface area contributed by atoms with E-state index in [1.807, 2.05) is 31.2 Å². The maximum atomic E-state index is 12.8. The zero-order valence-corrected chi connectivity index (χ0v) is 14.4. The summed E-state index contributed by atoms with van der Waals surface area (Å²) in [4.78, 5) is 31.5. The van der Waals surface area contributed by atoms with Crippen LogP contribution in [0.1, 0.15) is 28.9 Å². The van der Waals surface area contributed by atoms with Crippen molar-refractivity contribution in [1.82, 2.24) is 14.3 Å². The highest BCUT2D eigenvalue weighted by Gasteiger charge is 2.24. The van der Waals surface area contributed by atoms with Crippen molar-refractivity contribution in [2.24, 2.45) is 0 Å². The van der Waals surface area contributed by atoms with Crippen molar-refractivity contribution >= 4 is 22.2 Å². The molecule has 0 aliphatic heterocycles. The molecule has 0 aliphatic rings. The Hall–Kier alpha value is -2.67. The summed E-state index contributed by atoms with van der Waals surface area (Å²) in [5, 5.41) is 1.76. The molecule has 24 heavy (non-hydrogen) atoms. The number of amides is 1. The summed E-state index contributed by atoms with van der Waals surface area (Å²) < 4.78 is 6.75. The van der Waals surface area contributed by atoms with Gasteiger partial charge in [-0.15, -0.1) is 11.3 Å². The van der Waals surface area contributed by atoms with Gasteiger partial charge in [-0.3, -0.25) is 14.0 Å². The number of hydrogen-bond donors (Lipinski definition) is 0. The Morgan fingerprint density at radius 2 is 2.12 bits per heavy atom. The number of ether oxygens (including phenoxy) is 1. The van der Waals surface area contributed by atoms with Crippen LogP contribution in [0.15, 0.2) is 46.8 Å². The van der Waals surface area contributed by atoms with E-state index in [1.165, 1.54) is 26.8 Å². The number of hydrogen-bond acceptors (Lipinski definition) is 5. The second-order valence-corrected chi connectivity index (χ2v) is 6.24. The van der Waals surface area contributed by atoms with Gasteiger partial charge in [0.25, 0.3) is 11.5 Å². The SMILES string of the molecule is COc1ccccc1[C@@H](C)N(C)C(=O)c1cnc2sccn2c1=O. The molecule has 0 fully saturated rings. The number of rotatable bonds is 4. The summed E-state index contributed by atoms with van der Waals surface area (Å²) in [6.45, 7) is 1.89. The highest BCUT2D eigenvalue weighted by atomic mass is 32.1. The molecule has 0 radical (unpaired) electrons. The second-order valence-electron chi connectivity index (χ2n) is 5.37. The van der Waals surface area contributed by atoms with Gasteiger partial charge in [-0.25, -0.2) is 4.98 Å². The first kappa shape index (κ1) is 16.2. The fraction of sp³-hybridized carbons (Fsp3) is 0.235. The van der Waals surface area contributed by atoms with E-state index in [0.717, 1.165) is 5.56 Å². The lowest BCUT2D eigenvalue weighted by Gasteiger charge is -2.26. The van der Waals surface area contributed by atoms with Crippen LogP contribution < -0.4 is 10.3 Å². The smallest absolute Gasteiger partial charge is 0.271 e. The molecule has 1 aromatic carbocycles. The summed E-state index contributed by atoms with van der Waals surface area (Å²) in [6.07, 6.45) is 2.97. The third kappa shape index (κ3) is 2.67. The van der Waals surface area contributed by atoms with Crippen LogP contribution >= 0.6 is 11.3 Å². The van der Waals surface area contributed by atoms with Crippen LogP contribution in [0.5, 0.6) is 5.75 Å².